The van der Waals surface area contributed by atoms with Gasteiger partial charge < -0.3 is 10.1 Å². The Labute approximate surface area is 131 Å². The van der Waals surface area contributed by atoms with Crippen LogP contribution in [-0.4, -0.2) is 17.1 Å². The van der Waals surface area contributed by atoms with E-state index in [0.29, 0.717) is 0 Å². The summed E-state index contributed by atoms with van der Waals surface area (Å²) in [5.74, 6) is 0.833. The molecule has 0 unspecified atom stereocenters. The van der Waals surface area contributed by atoms with Crippen molar-refractivity contribution in [1.29, 1.82) is 0 Å². The van der Waals surface area contributed by atoms with Crippen LogP contribution in [0, 0.1) is 6.92 Å². The number of aromatic nitrogens is 2. The van der Waals surface area contributed by atoms with Crippen LogP contribution in [0.4, 0.5) is 11.4 Å². The topological polar surface area (TPSA) is 47.0 Å². The molecule has 0 bridgehead atoms. The predicted molar refractivity (Wildman–Crippen MR) is 88.3 cm³/mol. The summed E-state index contributed by atoms with van der Waals surface area (Å²) in [5.41, 5.74) is 3.61. The quantitative estimate of drug-likeness (QED) is 0.762. The Bertz CT molecular complexity index is 787. The Kier molecular flexibility index (Phi) is 3.75. The summed E-state index contributed by atoms with van der Waals surface area (Å²) in [5, 5.41) is 4.37. The van der Waals surface area contributed by atoms with Crippen LogP contribution in [0.2, 0.25) is 0 Å². The first-order valence-electron chi connectivity index (χ1n) is 6.50. The third kappa shape index (κ3) is 2.83. The fourth-order valence-electron chi connectivity index (χ4n) is 2.08. The number of ether oxygens (including phenoxy) is 1. The molecule has 106 valence electrons. The van der Waals surface area contributed by atoms with Crippen LogP contribution < -0.4 is 10.1 Å². The molecule has 2 heterocycles. The molecule has 3 aromatic rings. The van der Waals surface area contributed by atoms with Crippen molar-refractivity contribution in [2.24, 2.45) is 0 Å². The zero-order valence-corrected chi connectivity index (χ0v) is 13.3. The highest BCUT2D eigenvalue weighted by atomic mass is 79.9. The third-order valence-corrected chi connectivity index (χ3v) is 4.03. The van der Waals surface area contributed by atoms with E-state index in [1.54, 1.807) is 13.3 Å². The van der Waals surface area contributed by atoms with E-state index in [4.69, 9.17) is 4.74 Å². The summed E-state index contributed by atoms with van der Waals surface area (Å²) in [6.07, 6.45) is 1.76. The van der Waals surface area contributed by atoms with Crippen molar-refractivity contribution in [1.82, 2.24) is 9.97 Å². The highest BCUT2D eigenvalue weighted by Gasteiger charge is 2.07. The van der Waals surface area contributed by atoms with Gasteiger partial charge in [0, 0.05) is 21.7 Å². The fourth-order valence-corrected chi connectivity index (χ4v) is 2.39. The monoisotopic (exact) mass is 343 g/mol. The molecule has 0 saturated carbocycles. The van der Waals surface area contributed by atoms with E-state index >= 15 is 0 Å². The Morgan fingerprint density at radius 2 is 1.90 bits per heavy atom. The van der Waals surface area contributed by atoms with Crippen LogP contribution in [-0.2, 0) is 0 Å². The van der Waals surface area contributed by atoms with Gasteiger partial charge >= 0.3 is 0 Å². The first-order valence-corrected chi connectivity index (χ1v) is 7.29. The van der Waals surface area contributed by atoms with E-state index < -0.39 is 0 Å². The predicted octanol–water partition coefficient (Wildman–Crippen LogP) is 4.45. The first kappa shape index (κ1) is 13.8. The Morgan fingerprint density at radius 1 is 1.14 bits per heavy atom. The number of nitrogens with one attached hydrogen (secondary N) is 1. The molecular formula is C16H14BrN3O. The average Bonchev–Trinajstić information content (AvgIpc) is 2.50. The lowest BCUT2D eigenvalue weighted by Gasteiger charge is -2.10. The second-order valence-electron chi connectivity index (χ2n) is 4.64. The Hall–Kier alpha value is -2.14. The fraction of sp³-hybridized carbons (Fsp3) is 0.125. The average molecular weight is 344 g/mol. The minimum absolute atomic E-state index is 0.731. The number of fused-ring (bicyclic) bond motifs is 1. The smallest absolute Gasteiger partial charge is 0.161 e. The molecule has 1 aromatic carbocycles. The number of benzene rings is 1. The summed E-state index contributed by atoms with van der Waals surface area (Å²) in [6, 6.07) is 11.8. The lowest BCUT2D eigenvalue weighted by Crippen LogP contribution is -1.95. The van der Waals surface area contributed by atoms with E-state index in [9.17, 15) is 0 Å². The summed E-state index contributed by atoms with van der Waals surface area (Å²) in [7, 11) is 1.66. The molecule has 0 radical (unpaired) electrons. The van der Waals surface area contributed by atoms with Gasteiger partial charge in [-0.1, -0.05) is 0 Å². The van der Waals surface area contributed by atoms with Crippen LogP contribution >= 0.6 is 15.9 Å². The van der Waals surface area contributed by atoms with Crippen LogP contribution in [0.3, 0.4) is 0 Å². The van der Waals surface area contributed by atoms with Crippen molar-refractivity contribution in [2.75, 3.05) is 12.4 Å². The Balaban J connectivity index is 2.01. The van der Waals surface area contributed by atoms with Gasteiger partial charge in [-0.15, -0.1) is 0 Å². The SMILES string of the molecule is COc1ccc(Nc2ccnc3nc(C)c(Br)cc23)cc1. The maximum atomic E-state index is 5.16. The number of hydrogen-bond donors (Lipinski definition) is 1. The summed E-state index contributed by atoms with van der Waals surface area (Å²) in [6.45, 7) is 1.95. The molecular weight excluding hydrogens is 330 g/mol. The largest absolute Gasteiger partial charge is 0.497 e. The molecule has 3 rings (SSSR count). The lowest BCUT2D eigenvalue weighted by atomic mass is 10.2. The van der Waals surface area contributed by atoms with Crippen molar-refractivity contribution in [2.45, 2.75) is 6.92 Å². The number of pyridine rings is 2. The van der Waals surface area contributed by atoms with Gasteiger partial charge in [-0.2, -0.15) is 0 Å². The van der Waals surface area contributed by atoms with Gasteiger partial charge in [0.15, 0.2) is 5.65 Å². The van der Waals surface area contributed by atoms with Crippen molar-refractivity contribution in [3.05, 3.63) is 52.8 Å². The molecule has 5 heteroatoms. The molecule has 2 aromatic heterocycles. The second kappa shape index (κ2) is 5.69. The van der Waals surface area contributed by atoms with Gasteiger partial charge in [0.25, 0.3) is 0 Å². The molecule has 0 fully saturated rings. The molecule has 0 aliphatic carbocycles. The van der Waals surface area contributed by atoms with Crippen molar-refractivity contribution >= 4 is 38.3 Å². The number of methoxy groups -OCH3 is 1. The minimum Gasteiger partial charge on any atom is -0.497 e. The van der Waals surface area contributed by atoms with Crippen molar-refractivity contribution in [3.63, 3.8) is 0 Å². The number of rotatable bonds is 3. The second-order valence-corrected chi connectivity index (χ2v) is 5.49. The molecule has 0 atom stereocenters. The van der Waals surface area contributed by atoms with Crippen LogP contribution in [0.15, 0.2) is 47.1 Å². The normalized spacial score (nSPS) is 10.6. The summed E-state index contributed by atoms with van der Waals surface area (Å²) in [4.78, 5) is 8.81. The molecule has 1 N–H and O–H groups in total. The molecule has 0 amide bonds. The van der Waals surface area contributed by atoms with E-state index in [1.165, 1.54) is 0 Å². The zero-order chi connectivity index (χ0) is 14.8. The lowest BCUT2D eigenvalue weighted by molar-refractivity contribution is 0.415. The highest BCUT2D eigenvalue weighted by Crippen LogP contribution is 2.28. The first-order chi connectivity index (χ1) is 10.2. The molecule has 21 heavy (non-hydrogen) atoms. The zero-order valence-electron chi connectivity index (χ0n) is 11.7. The Morgan fingerprint density at radius 3 is 2.62 bits per heavy atom. The van der Waals surface area contributed by atoms with E-state index in [1.807, 2.05) is 43.3 Å². The number of halogens is 1. The number of hydrogen-bond acceptors (Lipinski definition) is 4. The van der Waals surface area contributed by atoms with Crippen LogP contribution in [0.25, 0.3) is 11.0 Å². The molecule has 0 aliphatic heterocycles. The van der Waals surface area contributed by atoms with E-state index in [2.05, 4.69) is 31.2 Å². The van der Waals surface area contributed by atoms with Gasteiger partial charge in [0.05, 0.1) is 18.5 Å². The maximum absolute atomic E-state index is 5.16. The van der Waals surface area contributed by atoms with Crippen molar-refractivity contribution < 1.29 is 4.74 Å². The number of aryl methyl sites for hydroxylation is 1. The standard InChI is InChI=1S/C16H14BrN3O/c1-10-14(17)9-13-15(7-8-18-16(13)19-10)20-11-3-5-12(21-2)6-4-11/h3-9H,1-2H3,(H,18,19,20). The molecule has 4 nitrogen and oxygen atoms in total. The number of nitrogens with zero attached hydrogens (tertiary/aromatic N) is 2. The summed E-state index contributed by atoms with van der Waals surface area (Å²) >= 11 is 3.52. The van der Waals surface area contributed by atoms with Gasteiger partial charge in [-0.3, -0.25) is 0 Å². The van der Waals surface area contributed by atoms with Gasteiger partial charge in [-0.25, -0.2) is 9.97 Å². The molecule has 0 saturated heterocycles. The molecule has 0 spiro atoms. The van der Waals surface area contributed by atoms with Crippen LogP contribution in [0.5, 0.6) is 5.75 Å². The van der Waals surface area contributed by atoms with Crippen LogP contribution in [0.1, 0.15) is 5.69 Å². The van der Waals surface area contributed by atoms with Gasteiger partial charge in [0.2, 0.25) is 0 Å². The molecule has 0 aliphatic rings. The van der Waals surface area contributed by atoms with E-state index in [-0.39, 0.29) is 0 Å². The minimum atomic E-state index is 0.731. The third-order valence-electron chi connectivity index (χ3n) is 3.23. The maximum Gasteiger partial charge on any atom is 0.161 e. The highest BCUT2D eigenvalue weighted by molar-refractivity contribution is 9.10. The van der Waals surface area contributed by atoms with Gasteiger partial charge in [-0.05, 0) is 59.3 Å². The summed E-state index contributed by atoms with van der Waals surface area (Å²) < 4.78 is 6.14. The number of anilines is 2. The van der Waals surface area contributed by atoms with E-state index in [0.717, 1.165) is 38.3 Å². The van der Waals surface area contributed by atoms with Crippen molar-refractivity contribution in [3.8, 4) is 5.75 Å². The van der Waals surface area contributed by atoms with Gasteiger partial charge in [0.1, 0.15) is 5.75 Å².